The van der Waals surface area contributed by atoms with Crippen molar-refractivity contribution >= 4 is 34.2 Å². The fourth-order valence-corrected chi connectivity index (χ4v) is 2.84. The van der Waals surface area contributed by atoms with E-state index in [-0.39, 0.29) is 11.3 Å². The predicted molar refractivity (Wildman–Crippen MR) is 92.3 cm³/mol. The van der Waals surface area contributed by atoms with Crippen LogP contribution in [0.25, 0.3) is 0 Å². The van der Waals surface area contributed by atoms with Crippen LogP contribution in [0.5, 0.6) is 5.75 Å². The van der Waals surface area contributed by atoms with Crippen molar-refractivity contribution < 1.29 is 9.90 Å². The molecule has 6 nitrogen and oxygen atoms in total. The average Bonchev–Trinajstić information content (AvgIpc) is 2.57. The van der Waals surface area contributed by atoms with Crippen LogP contribution in [-0.2, 0) is 0 Å². The minimum absolute atomic E-state index is 0.0824. The molecular weight excluding hydrogens is 312 g/mol. The number of nitrogens with two attached hydrogens (primary N) is 1. The molecule has 0 spiro atoms. The summed E-state index contributed by atoms with van der Waals surface area (Å²) in [6, 6.07) is 14.3. The predicted octanol–water partition coefficient (Wildman–Crippen LogP) is 2.22. The van der Waals surface area contributed by atoms with Crippen LogP contribution in [0.4, 0.5) is 5.69 Å². The number of amidine groups is 1. The molecule has 0 atom stereocenters. The fourth-order valence-electron chi connectivity index (χ4n) is 2.05. The third kappa shape index (κ3) is 3.51. The number of aliphatic imine (C=N–C) groups is 1. The Hall–Kier alpha value is -2.80. The molecule has 116 valence electrons. The summed E-state index contributed by atoms with van der Waals surface area (Å²) >= 11 is 1.51. The Morgan fingerprint density at radius 3 is 2.70 bits per heavy atom. The number of carbonyl (C=O) groups is 1. The van der Waals surface area contributed by atoms with Gasteiger partial charge in [-0.3, -0.25) is 10.2 Å². The van der Waals surface area contributed by atoms with Gasteiger partial charge in [0.2, 0.25) is 0 Å². The molecule has 7 heteroatoms. The van der Waals surface area contributed by atoms with Gasteiger partial charge < -0.3 is 10.8 Å². The number of hydrazone groups is 1. The van der Waals surface area contributed by atoms with Crippen molar-refractivity contribution in [2.75, 3.05) is 5.75 Å². The first-order valence-corrected chi connectivity index (χ1v) is 7.84. The van der Waals surface area contributed by atoms with Crippen LogP contribution in [0.2, 0.25) is 0 Å². The molecule has 1 aliphatic rings. The Labute approximate surface area is 137 Å². The third-order valence-corrected chi connectivity index (χ3v) is 4.09. The molecule has 3 rings (SSSR count). The Bertz CT molecular complexity index is 803. The van der Waals surface area contributed by atoms with Crippen molar-refractivity contribution in [2.24, 2.45) is 15.8 Å². The molecule has 0 aliphatic carbocycles. The molecule has 1 heterocycles. The van der Waals surface area contributed by atoms with Gasteiger partial charge >= 0.3 is 0 Å². The van der Waals surface area contributed by atoms with Gasteiger partial charge in [-0.05, 0) is 35.9 Å². The Morgan fingerprint density at radius 2 is 2.04 bits per heavy atom. The van der Waals surface area contributed by atoms with Crippen molar-refractivity contribution in [2.45, 2.75) is 0 Å². The molecule has 23 heavy (non-hydrogen) atoms. The van der Waals surface area contributed by atoms with E-state index in [0.29, 0.717) is 10.9 Å². The van der Waals surface area contributed by atoms with Gasteiger partial charge in [-0.15, -0.1) is 0 Å². The number of amides is 1. The van der Waals surface area contributed by atoms with E-state index in [9.17, 15) is 9.90 Å². The maximum atomic E-state index is 11.3. The second-order valence-electron chi connectivity index (χ2n) is 4.81. The molecule has 4 N–H and O–H groups in total. The van der Waals surface area contributed by atoms with E-state index in [2.05, 4.69) is 15.5 Å². The number of para-hydroxylation sites is 1. The van der Waals surface area contributed by atoms with Crippen LogP contribution in [0.1, 0.15) is 15.9 Å². The normalized spacial score (nSPS) is 15.8. The van der Waals surface area contributed by atoms with E-state index in [4.69, 9.17) is 5.73 Å². The lowest BCUT2D eigenvalue weighted by Gasteiger charge is -2.15. The van der Waals surface area contributed by atoms with Crippen LogP contribution in [0.3, 0.4) is 0 Å². The van der Waals surface area contributed by atoms with Gasteiger partial charge in [0.1, 0.15) is 5.75 Å². The highest BCUT2D eigenvalue weighted by atomic mass is 32.2. The maximum absolute atomic E-state index is 11.3. The summed E-state index contributed by atoms with van der Waals surface area (Å²) < 4.78 is 0. The number of carbonyl (C=O) groups excluding carboxylic acids is 1. The number of hydrogen-bond donors (Lipinski definition) is 3. The number of nitrogens with one attached hydrogen (secondary N) is 1. The molecule has 0 fully saturated rings. The summed E-state index contributed by atoms with van der Waals surface area (Å²) in [4.78, 5) is 15.7. The molecule has 1 amide bonds. The molecule has 0 unspecified atom stereocenters. The van der Waals surface area contributed by atoms with E-state index in [1.165, 1.54) is 23.9 Å². The number of thioether (sulfide) groups is 1. The Morgan fingerprint density at radius 1 is 1.26 bits per heavy atom. The number of primary amides is 1. The zero-order valence-electron chi connectivity index (χ0n) is 12.1. The minimum atomic E-state index is -0.673. The quantitative estimate of drug-likeness (QED) is 0.805. The van der Waals surface area contributed by atoms with E-state index < -0.39 is 5.91 Å². The van der Waals surface area contributed by atoms with E-state index in [0.717, 1.165) is 17.0 Å². The number of hydrogen-bond acceptors (Lipinski definition) is 5. The van der Waals surface area contributed by atoms with Crippen LogP contribution in [0, 0.1) is 0 Å². The summed E-state index contributed by atoms with van der Waals surface area (Å²) in [6.07, 6.45) is 0. The highest BCUT2D eigenvalue weighted by Gasteiger charge is 2.16. The molecule has 0 bridgehead atoms. The number of nitrogens with zero attached hydrogens (tertiary/aromatic N) is 2. The van der Waals surface area contributed by atoms with Crippen molar-refractivity contribution in [3.8, 4) is 5.75 Å². The van der Waals surface area contributed by atoms with Gasteiger partial charge in [0, 0.05) is 5.75 Å². The molecule has 0 saturated carbocycles. The van der Waals surface area contributed by atoms with Gasteiger partial charge in [-0.25, -0.2) is 4.99 Å². The average molecular weight is 326 g/mol. The second-order valence-corrected chi connectivity index (χ2v) is 5.77. The first-order valence-electron chi connectivity index (χ1n) is 6.86. The van der Waals surface area contributed by atoms with Crippen molar-refractivity contribution in [1.82, 2.24) is 5.43 Å². The van der Waals surface area contributed by atoms with E-state index >= 15 is 0 Å². The molecule has 1 aliphatic heterocycles. The highest BCUT2D eigenvalue weighted by molar-refractivity contribution is 8.14. The fraction of sp³-hybridized carbons (Fsp3) is 0.0625. The van der Waals surface area contributed by atoms with E-state index in [1.807, 2.05) is 30.3 Å². The smallest absolute Gasteiger partial charge is 0.252 e. The lowest BCUT2D eigenvalue weighted by atomic mass is 10.1. The van der Waals surface area contributed by atoms with Crippen LogP contribution in [0.15, 0.2) is 58.6 Å². The molecule has 2 aromatic carbocycles. The summed E-state index contributed by atoms with van der Waals surface area (Å²) in [6.45, 7) is 0. The summed E-state index contributed by atoms with van der Waals surface area (Å²) in [5, 5.41) is 14.6. The second kappa shape index (κ2) is 6.53. The van der Waals surface area contributed by atoms with E-state index in [1.54, 1.807) is 6.07 Å². The van der Waals surface area contributed by atoms with Crippen LogP contribution >= 0.6 is 11.8 Å². The Balaban J connectivity index is 1.81. The third-order valence-electron chi connectivity index (χ3n) is 3.21. The maximum Gasteiger partial charge on any atom is 0.252 e. The molecule has 0 saturated heterocycles. The zero-order valence-corrected chi connectivity index (χ0v) is 12.9. The molecular formula is C16H14N4O2S. The van der Waals surface area contributed by atoms with Gasteiger partial charge in [-0.1, -0.05) is 30.0 Å². The van der Waals surface area contributed by atoms with Crippen LogP contribution in [-0.4, -0.2) is 27.6 Å². The van der Waals surface area contributed by atoms with Gasteiger partial charge in [0.05, 0.1) is 17.0 Å². The number of rotatable bonds is 3. The van der Waals surface area contributed by atoms with Crippen molar-refractivity contribution in [3.05, 3.63) is 59.7 Å². The lowest BCUT2D eigenvalue weighted by Crippen LogP contribution is -2.25. The molecule has 2 aromatic rings. The monoisotopic (exact) mass is 326 g/mol. The summed E-state index contributed by atoms with van der Waals surface area (Å²) in [7, 11) is 0. The SMILES string of the molecule is NC(=O)c1cc(C2=NNC(=Nc3ccccc3)SC2)ccc1O. The number of benzene rings is 2. The first kappa shape index (κ1) is 15.1. The summed E-state index contributed by atoms with van der Waals surface area (Å²) in [5.41, 5.74) is 10.6. The molecule has 0 radical (unpaired) electrons. The highest BCUT2D eigenvalue weighted by Crippen LogP contribution is 2.22. The van der Waals surface area contributed by atoms with Crippen molar-refractivity contribution in [3.63, 3.8) is 0 Å². The van der Waals surface area contributed by atoms with Gasteiger partial charge in [0.15, 0.2) is 5.17 Å². The summed E-state index contributed by atoms with van der Waals surface area (Å²) in [5.74, 6) is -0.209. The number of aromatic hydroxyl groups is 1. The van der Waals surface area contributed by atoms with Crippen molar-refractivity contribution in [1.29, 1.82) is 0 Å². The van der Waals surface area contributed by atoms with Gasteiger partial charge in [0.25, 0.3) is 5.91 Å². The minimum Gasteiger partial charge on any atom is -0.507 e. The number of phenols is 1. The first-order chi connectivity index (χ1) is 11.1. The largest absolute Gasteiger partial charge is 0.507 e. The van der Waals surface area contributed by atoms with Crippen LogP contribution < -0.4 is 11.2 Å². The standard InChI is InChI=1S/C16H14N4O2S/c17-15(22)12-8-10(6-7-14(12)21)13-9-23-16(20-19-13)18-11-4-2-1-3-5-11/h1-8,21H,9H2,(H2,17,22)(H,18,20). The van der Waals surface area contributed by atoms with Gasteiger partial charge in [-0.2, -0.15) is 5.10 Å². The lowest BCUT2D eigenvalue weighted by molar-refractivity contribution is 0.0998. The molecule has 0 aromatic heterocycles. The zero-order chi connectivity index (χ0) is 16.2. The Kier molecular flexibility index (Phi) is 4.29. The topological polar surface area (TPSA) is 100 Å².